The second kappa shape index (κ2) is 6.01. The van der Waals surface area contributed by atoms with Gasteiger partial charge in [0.25, 0.3) is 0 Å². The van der Waals surface area contributed by atoms with Crippen LogP contribution in [0.1, 0.15) is 5.56 Å². The van der Waals surface area contributed by atoms with Crippen molar-refractivity contribution in [3.8, 4) is 5.75 Å². The molecule has 3 nitrogen and oxygen atoms in total. The van der Waals surface area contributed by atoms with Crippen molar-refractivity contribution in [1.82, 2.24) is 5.32 Å². The highest BCUT2D eigenvalue weighted by Crippen LogP contribution is 2.20. The number of rotatable bonds is 5. The first-order valence-corrected chi connectivity index (χ1v) is 5.12. The Kier molecular flexibility index (Phi) is 4.92. The molecule has 7 heteroatoms. The van der Waals surface area contributed by atoms with Gasteiger partial charge in [0.15, 0.2) is 6.10 Å². The molecule has 0 radical (unpaired) electrons. The standard InChI is InChI=1S/C11H13F4NO2/c1-18-8-3-2-7(9(12)4-8)5-16-6-10(17)11(13,14)15/h2-4,10,16-17H,5-6H2,1H3. The van der Waals surface area contributed by atoms with Gasteiger partial charge >= 0.3 is 6.18 Å². The number of hydrogen-bond acceptors (Lipinski definition) is 3. The summed E-state index contributed by atoms with van der Waals surface area (Å²) >= 11 is 0. The zero-order chi connectivity index (χ0) is 13.8. The van der Waals surface area contributed by atoms with E-state index in [9.17, 15) is 17.6 Å². The van der Waals surface area contributed by atoms with Gasteiger partial charge in [0, 0.05) is 24.7 Å². The Bertz CT molecular complexity index is 395. The van der Waals surface area contributed by atoms with Crippen molar-refractivity contribution in [3.05, 3.63) is 29.6 Å². The third kappa shape index (κ3) is 4.15. The van der Waals surface area contributed by atoms with E-state index >= 15 is 0 Å². The van der Waals surface area contributed by atoms with Crippen molar-refractivity contribution >= 4 is 0 Å². The molecule has 0 saturated carbocycles. The van der Waals surface area contributed by atoms with E-state index in [1.165, 1.54) is 19.2 Å². The van der Waals surface area contributed by atoms with Crippen LogP contribution in [-0.4, -0.2) is 31.0 Å². The van der Waals surface area contributed by atoms with Crippen LogP contribution in [0.5, 0.6) is 5.75 Å². The third-order valence-electron chi connectivity index (χ3n) is 2.29. The number of nitrogens with one attached hydrogen (secondary N) is 1. The Morgan fingerprint density at radius 2 is 2.06 bits per heavy atom. The lowest BCUT2D eigenvalue weighted by Crippen LogP contribution is -2.38. The summed E-state index contributed by atoms with van der Waals surface area (Å²) in [6, 6.07) is 4.04. The van der Waals surface area contributed by atoms with Gasteiger partial charge in [-0.1, -0.05) is 6.07 Å². The van der Waals surface area contributed by atoms with Crippen LogP contribution in [0.3, 0.4) is 0 Å². The summed E-state index contributed by atoms with van der Waals surface area (Å²) in [4.78, 5) is 0. The first-order valence-electron chi connectivity index (χ1n) is 5.12. The SMILES string of the molecule is COc1ccc(CNCC(O)C(F)(F)F)c(F)c1. The maximum atomic E-state index is 13.4. The molecule has 0 bridgehead atoms. The van der Waals surface area contributed by atoms with Crippen molar-refractivity contribution in [2.24, 2.45) is 0 Å². The zero-order valence-electron chi connectivity index (χ0n) is 9.59. The van der Waals surface area contributed by atoms with Crippen LogP contribution in [0.4, 0.5) is 17.6 Å². The number of alkyl halides is 3. The maximum Gasteiger partial charge on any atom is 0.415 e. The molecule has 1 atom stereocenters. The van der Waals surface area contributed by atoms with E-state index in [1.54, 1.807) is 0 Å². The molecule has 1 aromatic rings. The topological polar surface area (TPSA) is 41.5 Å². The number of hydrogen-bond donors (Lipinski definition) is 2. The van der Waals surface area contributed by atoms with Crippen LogP contribution in [0.2, 0.25) is 0 Å². The van der Waals surface area contributed by atoms with Gasteiger partial charge in [-0.3, -0.25) is 0 Å². The number of methoxy groups -OCH3 is 1. The van der Waals surface area contributed by atoms with Crippen molar-refractivity contribution in [3.63, 3.8) is 0 Å². The normalized spacial score (nSPS) is 13.4. The number of ether oxygens (including phenoxy) is 1. The summed E-state index contributed by atoms with van der Waals surface area (Å²) in [6.45, 7) is -0.794. The molecule has 0 aliphatic rings. The van der Waals surface area contributed by atoms with Gasteiger partial charge in [-0.2, -0.15) is 13.2 Å². The fourth-order valence-electron chi connectivity index (χ4n) is 1.26. The molecule has 0 saturated heterocycles. The first kappa shape index (κ1) is 14.7. The molecule has 0 fully saturated rings. The molecule has 1 aromatic carbocycles. The highest BCUT2D eigenvalue weighted by Gasteiger charge is 2.37. The molecule has 1 rings (SSSR count). The zero-order valence-corrected chi connectivity index (χ0v) is 9.59. The smallest absolute Gasteiger partial charge is 0.415 e. The second-order valence-corrected chi connectivity index (χ2v) is 3.65. The summed E-state index contributed by atoms with van der Waals surface area (Å²) in [5.41, 5.74) is 0.199. The quantitative estimate of drug-likeness (QED) is 0.800. The Hall–Kier alpha value is -1.34. The summed E-state index contributed by atoms with van der Waals surface area (Å²) in [5.74, 6) is -0.255. The monoisotopic (exact) mass is 267 g/mol. The number of benzene rings is 1. The van der Waals surface area contributed by atoms with Gasteiger partial charge < -0.3 is 15.2 Å². The molecular weight excluding hydrogens is 254 g/mol. The fraction of sp³-hybridized carbons (Fsp3) is 0.455. The van der Waals surface area contributed by atoms with Crippen LogP contribution in [0, 0.1) is 5.82 Å². The largest absolute Gasteiger partial charge is 0.497 e. The van der Waals surface area contributed by atoms with E-state index in [2.05, 4.69) is 5.32 Å². The van der Waals surface area contributed by atoms with Crippen molar-refractivity contribution in [1.29, 1.82) is 0 Å². The molecule has 1 unspecified atom stereocenters. The van der Waals surface area contributed by atoms with Gasteiger partial charge in [-0.05, 0) is 6.07 Å². The van der Waals surface area contributed by atoms with Gasteiger partial charge in [0.05, 0.1) is 7.11 Å². The predicted molar refractivity (Wildman–Crippen MR) is 56.7 cm³/mol. The van der Waals surface area contributed by atoms with Gasteiger partial charge in [0.2, 0.25) is 0 Å². The minimum atomic E-state index is -4.68. The summed E-state index contributed by atoms with van der Waals surface area (Å²) in [7, 11) is 1.38. The minimum absolute atomic E-state index is 0.108. The molecule has 0 aliphatic carbocycles. The van der Waals surface area contributed by atoms with E-state index in [4.69, 9.17) is 9.84 Å². The van der Waals surface area contributed by atoms with Crippen molar-refractivity contribution in [2.45, 2.75) is 18.8 Å². The average Bonchev–Trinajstić information content (AvgIpc) is 2.29. The van der Waals surface area contributed by atoms with Gasteiger partial charge in [0.1, 0.15) is 11.6 Å². The molecule has 0 aliphatic heterocycles. The van der Waals surface area contributed by atoms with E-state index in [0.717, 1.165) is 6.07 Å². The first-order chi connectivity index (χ1) is 8.34. The summed E-state index contributed by atoms with van der Waals surface area (Å²) < 4.78 is 54.1. The predicted octanol–water partition coefficient (Wildman–Crippen LogP) is 1.85. The average molecular weight is 267 g/mol. The molecular formula is C11H13F4NO2. The van der Waals surface area contributed by atoms with Gasteiger partial charge in [-0.15, -0.1) is 0 Å². The molecule has 0 spiro atoms. The van der Waals surface area contributed by atoms with Crippen molar-refractivity contribution in [2.75, 3.05) is 13.7 Å². The highest BCUT2D eigenvalue weighted by atomic mass is 19.4. The second-order valence-electron chi connectivity index (χ2n) is 3.65. The Morgan fingerprint density at radius 1 is 1.39 bits per heavy atom. The Morgan fingerprint density at radius 3 is 2.56 bits per heavy atom. The van der Waals surface area contributed by atoms with Crippen LogP contribution < -0.4 is 10.1 Å². The minimum Gasteiger partial charge on any atom is -0.497 e. The summed E-state index contributed by atoms with van der Waals surface area (Å²) in [6.07, 6.45) is -7.13. The van der Waals surface area contributed by atoms with E-state index < -0.39 is 24.6 Å². The molecule has 18 heavy (non-hydrogen) atoms. The van der Waals surface area contributed by atoms with E-state index in [0.29, 0.717) is 5.75 Å². The molecule has 2 N–H and O–H groups in total. The lowest BCUT2D eigenvalue weighted by atomic mass is 10.2. The fourth-order valence-corrected chi connectivity index (χ4v) is 1.26. The highest BCUT2D eigenvalue weighted by molar-refractivity contribution is 5.28. The maximum absolute atomic E-state index is 13.4. The molecule has 102 valence electrons. The lowest BCUT2D eigenvalue weighted by molar-refractivity contribution is -0.201. The number of aliphatic hydroxyl groups is 1. The Balaban J connectivity index is 2.49. The number of aliphatic hydroxyl groups excluding tert-OH is 1. The molecule has 0 heterocycles. The van der Waals surface area contributed by atoms with E-state index in [-0.39, 0.29) is 12.1 Å². The number of halogens is 4. The van der Waals surface area contributed by atoms with Crippen LogP contribution in [-0.2, 0) is 6.54 Å². The van der Waals surface area contributed by atoms with Gasteiger partial charge in [-0.25, -0.2) is 4.39 Å². The van der Waals surface area contributed by atoms with Crippen molar-refractivity contribution < 1.29 is 27.4 Å². The van der Waals surface area contributed by atoms with Crippen LogP contribution >= 0.6 is 0 Å². The van der Waals surface area contributed by atoms with Crippen LogP contribution in [0.25, 0.3) is 0 Å². The van der Waals surface area contributed by atoms with Crippen LogP contribution in [0.15, 0.2) is 18.2 Å². The Labute approximate surface area is 101 Å². The summed E-state index contributed by atoms with van der Waals surface area (Å²) in [5, 5.41) is 11.0. The van der Waals surface area contributed by atoms with E-state index in [1.807, 2.05) is 0 Å². The molecule has 0 aromatic heterocycles. The lowest BCUT2D eigenvalue weighted by Gasteiger charge is -2.15. The molecule has 0 amide bonds. The third-order valence-corrected chi connectivity index (χ3v) is 2.29.